The number of esters is 1. The number of hydrogen-bond acceptors (Lipinski definition) is 4. The number of nitrogens with one attached hydrogen (secondary N) is 1. The van der Waals surface area contributed by atoms with E-state index in [9.17, 15) is 19.1 Å². The van der Waals surface area contributed by atoms with Crippen LogP contribution in [0.1, 0.15) is 15.9 Å². The molecule has 0 unspecified atom stereocenters. The normalized spacial score (nSPS) is 10.1. The van der Waals surface area contributed by atoms with Gasteiger partial charge in [0.2, 0.25) is 0 Å². The SMILES string of the molecule is O=C(COC(=O)c1ccccc1O)NCCc1ccccc1F. The van der Waals surface area contributed by atoms with E-state index in [1.807, 2.05) is 0 Å². The molecule has 6 heteroatoms. The Labute approximate surface area is 132 Å². The number of benzene rings is 2. The predicted molar refractivity (Wildman–Crippen MR) is 81.5 cm³/mol. The largest absolute Gasteiger partial charge is 0.507 e. The van der Waals surface area contributed by atoms with Gasteiger partial charge >= 0.3 is 5.97 Å². The molecule has 1 amide bonds. The molecule has 23 heavy (non-hydrogen) atoms. The molecule has 0 radical (unpaired) electrons. The molecule has 0 aliphatic heterocycles. The number of carbonyl (C=O) groups is 2. The van der Waals surface area contributed by atoms with Gasteiger partial charge in [0.15, 0.2) is 6.61 Å². The van der Waals surface area contributed by atoms with Crippen molar-refractivity contribution >= 4 is 11.9 Å². The Morgan fingerprint density at radius 2 is 1.78 bits per heavy atom. The third-order valence-corrected chi connectivity index (χ3v) is 3.13. The average molecular weight is 317 g/mol. The number of amides is 1. The van der Waals surface area contributed by atoms with Crippen molar-refractivity contribution in [2.75, 3.05) is 13.2 Å². The molecule has 0 saturated heterocycles. The molecule has 2 N–H and O–H groups in total. The number of ether oxygens (including phenoxy) is 1. The van der Waals surface area contributed by atoms with Crippen LogP contribution in [0.3, 0.4) is 0 Å². The lowest BCUT2D eigenvalue weighted by Crippen LogP contribution is -2.30. The van der Waals surface area contributed by atoms with Gasteiger partial charge in [0.1, 0.15) is 17.1 Å². The zero-order valence-electron chi connectivity index (χ0n) is 12.3. The van der Waals surface area contributed by atoms with E-state index in [0.29, 0.717) is 12.0 Å². The van der Waals surface area contributed by atoms with Crippen molar-refractivity contribution in [2.45, 2.75) is 6.42 Å². The van der Waals surface area contributed by atoms with Gasteiger partial charge in [-0.05, 0) is 30.2 Å². The Morgan fingerprint density at radius 3 is 2.52 bits per heavy atom. The van der Waals surface area contributed by atoms with Crippen LogP contribution in [0.2, 0.25) is 0 Å². The summed E-state index contributed by atoms with van der Waals surface area (Å²) in [6.45, 7) is -0.238. The monoisotopic (exact) mass is 317 g/mol. The molecule has 2 rings (SSSR count). The Kier molecular flexibility index (Phi) is 5.68. The number of carbonyl (C=O) groups excluding carboxylic acids is 2. The second-order valence-electron chi connectivity index (χ2n) is 4.78. The first-order valence-electron chi connectivity index (χ1n) is 7.03. The van der Waals surface area contributed by atoms with Gasteiger partial charge in [0.25, 0.3) is 5.91 Å². The molecule has 2 aromatic rings. The highest BCUT2D eigenvalue weighted by molar-refractivity contribution is 5.93. The molecule has 2 aromatic carbocycles. The van der Waals surface area contributed by atoms with Crippen molar-refractivity contribution in [3.05, 3.63) is 65.5 Å². The minimum absolute atomic E-state index is 0.00773. The van der Waals surface area contributed by atoms with Crippen LogP contribution < -0.4 is 5.32 Å². The Balaban J connectivity index is 1.74. The Bertz CT molecular complexity index is 702. The fraction of sp³-hybridized carbons (Fsp3) is 0.176. The number of para-hydroxylation sites is 1. The van der Waals surface area contributed by atoms with Crippen LogP contribution >= 0.6 is 0 Å². The topological polar surface area (TPSA) is 75.6 Å². The van der Waals surface area contributed by atoms with Crippen molar-refractivity contribution in [1.29, 1.82) is 0 Å². The predicted octanol–water partition coefficient (Wildman–Crippen LogP) is 2.05. The van der Waals surface area contributed by atoms with E-state index >= 15 is 0 Å². The van der Waals surface area contributed by atoms with Gasteiger partial charge in [0, 0.05) is 6.54 Å². The van der Waals surface area contributed by atoms with Crippen molar-refractivity contribution in [2.24, 2.45) is 0 Å². The lowest BCUT2D eigenvalue weighted by atomic mass is 10.1. The lowest BCUT2D eigenvalue weighted by Gasteiger charge is -2.08. The molecular weight excluding hydrogens is 301 g/mol. The van der Waals surface area contributed by atoms with Crippen LogP contribution in [-0.2, 0) is 16.0 Å². The molecule has 0 spiro atoms. The standard InChI is InChI=1S/C17H16FNO4/c18-14-7-3-1-5-12(14)9-10-19-16(21)11-23-17(22)13-6-2-4-8-15(13)20/h1-8,20H,9-11H2,(H,19,21). The van der Waals surface area contributed by atoms with E-state index in [1.54, 1.807) is 30.3 Å². The molecular formula is C17H16FNO4. The number of hydrogen-bond donors (Lipinski definition) is 2. The molecule has 0 saturated carbocycles. The van der Waals surface area contributed by atoms with Crippen LogP contribution in [0.25, 0.3) is 0 Å². The van der Waals surface area contributed by atoms with E-state index in [4.69, 9.17) is 4.74 Å². The van der Waals surface area contributed by atoms with Crippen molar-refractivity contribution in [1.82, 2.24) is 5.32 Å². The highest BCUT2D eigenvalue weighted by Gasteiger charge is 2.13. The zero-order valence-corrected chi connectivity index (χ0v) is 12.3. The molecule has 0 fully saturated rings. The molecule has 0 aromatic heterocycles. The van der Waals surface area contributed by atoms with E-state index in [2.05, 4.69) is 5.32 Å². The third kappa shape index (κ3) is 4.81. The maximum atomic E-state index is 13.4. The first kappa shape index (κ1) is 16.5. The van der Waals surface area contributed by atoms with Crippen molar-refractivity contribution < 1.29 is 23.8 Å². The smallest absolute Gasteiger partial charge is 0.342 e. The van der Waals surface area contributed by atoms with Crippen LogP contribution in [0.15, 0.2) is 48.5 Å². The van der Waals surface area contributed by atoms with Gasteiger partial charge in [-0.1, -0.05) is 30.3 Å². The second-order valence-corrected chi connectivity index (χ2v) is 4.78. The van der Waals surface area contributed by atoms with Gasteiger partial charge in [-0.25, -0.2) is 9.18 Å². The highest BCUT2D eigenvalue weighted by atomic mass is 19.1. The fourth-order valence-electron chi connectivity index (χ4n) is 1.94. The fourth-order valence-corrected chi connectivity index (χ4v) is 1.94. The number of phenolic OH excluding ortho intramolecular Hbond substituents is 1. The summed E-state index contributed by atoms with van der Waals surface area (Å²) in [4.78, 5) is 23.3. The van der Waals surface area contributed by atoms with Crippen LogP contribution in [-0.4, -0.2) is 30.1 Å². The Morgan fingerprint density at radius 1 is 1.09 bits per heavy atom. The van der Waals surface area contributed by atoms with Crippen LogP contribution in [0.4, 0.5) is 4.39 Å². The molecule has 5 nitrogen and oxygen atoms in total. The maximum absolute atomic E-state index is 13.4. The van der Waals surface area contributed by atoms with Crippen LogP contribution in [0, 0.1) is 5.82 Å². The summed E-state index contributed by atoms with van der Waals surface area (Å²) >= 11 is 0. The van der Waals surface area contributed by atoms with Gasteiger partial charge in [-0.2, -0.15) is 0 Å². The van der Waals surface area contributed by atoms with Gasteiger partial charge in [-0.3, -0.25) is 4.79 Å². The van der Waals surface area contributed by atoms with E-state index in [1.165, 1.54) is 18.2 Å². The van der Waals surface area contributed by atoms with Crippen molar-refractivity contribution in [3.63, 3.8) is 0 Å². The van der Waals surface area contributed by atoms with Crippen molar-refractivity contribution in [3.8, 4) is 5.75 Å². The molecule has 0 aliphatic rings. The Hall–Kier alpha value is -2.89. The first-order chi connectivity index (χ1) is 11.1. The quantitative estimate of drug-likeness (QED) is 0.800. The number of halogens is 1. The molecule has 0 atom stereocenters. The van der Waals surface area contributed by atoms with Crippen LogP contribution in [0.5, 0.6) is 5.75 Å². The lowest BCUT2D eigenvalue weighted by molar-refractivity contribution is -0.124. The highest BCUT2D eigenvalue weighted by Crippen LogP contribution is 2.16. The second kappa shape index (κ2) is 7.93. The summed E-state index contributed by atoms with van der Waals surface area (Å²) in [6.07, 6.45) is 0.339. The summed E-state index contributed by atoms with van der Waals surface area (Å²) in [6, 6.07) is 12.2. The molecule has 0 bridgehead atoms. The summed E-state index contributed by atoms with van der Waals surface area (Å²) in [5.41, 5.74) is 0.491. The number of phenols is 1. The summed E-state index contributed by atoms with van der Waals surface area (Å²) in [7, 11) is 0. The summed E-state index contributed by atoms with van der Waals surface area (Å²) < 4.78 is 18.2. The minimum Gasteiger partial charge on any atom is -0.507 e. The van der Waals surface area contributed by atoms with Gasteiger partial charge < -0.3 is 15.2 Å². The third-order valence-electron chi connectivity index (χ3n) is 3.13. The number of aromatic hydroxyl groups is 1. The summed E-state index contributed by atoms with van der Waals surface area (Å²) in [5.74, 6) is -1.82. The minimum atomic E-state index is -0.785. The van der Waals surface area contributed by atoms with E-state index < -0.39 is 18.5 Å². The number of rotatable bonds is 6. The molecule has 0 aliphatic carbocycles. The first-order valence-corrected chi connectivity index (χ1v) is 7.03. The van der Waals surface area contributed by atoms with E-state index in [-0.39, 0.29) is 23.7 Å². The maximum Gasteiger partial charge on any atom is 0.342 e. The van der Waals surface area contributed by atoms with Gasteiger partial charge in [-0.15, -0.1) is 0 Å². The average Bonchev–Trinajstić information content (AvgIpc) is 2.55. The van der Waals surface area contributed by atoms with E-state index in [0.717, 1.165) is 0 Å². The zero-order chi connectivity index (χ0) is 16.7. The molecule has 0 heterocycles. The summed E-state index contributed by atoms with van der Waals surface area (Å²) in [5, 5.41) is 12.0. The molecule has 120 valence electrons. The van der Waals surface area contributed by atoms with Gasteiger partial charge in [0.05, 0.1) is 0 Å².